The summed E-state index contributed by atoms with van der Waals surface area (Å²) >= 11 is 0. The molecule has 4 N–H and O–H groups in total. The second kappa shape index (κ2) is 38.1. The van der Waals surface area contributed by atoms with Gasteiger partial charge in [0.25, 0.3) is 0 Å². The molecule has 0 radical (unpaired) electrons. The summed E-state index contributed by atoms with van der Waals surface area (Å²) in [5, 5.41) is 10.1. The minimum atomic E-state index is -1.67. The Kier molecular flexibility index (Phi) is 30.9. The van der Waals surface area contributed by atoms with Crippen molar-refractivity contribution in [3.8, 4) is 0 Å². The number of benzene rings is 4. The minimum Gasteiger partial charge on any atom is -0.460 e. The van der Waals surface area contributed by atoms with E-state index in [0.29, 0.717) is 47.9 Å². The molecular weight excluding hydrogens is 1120 g/mol. The Morgan fingerprint density at radius 3 is 0.698 bits per heavy atom. The number of rotatable bonds is 34. The summed E-state index contributed by atoms with van der Waals surface area (Å²) < 4.78 is 55.3. The summed E-state index contributed by atoms with van der Waals surface area (Å²) in [7, 11) is 0. The zero-order chi connectivity index (χ0) is 62.8. The molecule has 0 saturated carbocycles. The summed E-state index contributed by atoms with van der Waals surface area (Å²) in [5.74, 6) is -6.01. The van der Waals surface area contributed by atoms with Crippen LogP contribution in [0.1, 0.15) is 103 Å². The van der Waals surface area contributed by atoms with Crippen LogP contribution in [-0.2, 0) is 93.0 Å². The summed E-state index contributed by atoms with van der Waals surface area (Å²) in [6.45, 7) is 10.2. The van der Waals surface area contributed by atoms with E-state index in [9.17, 15) is 43.2 Å². The van der Waals surface area contributed by atoms with E-state index in [1.165, 1.54) is 0 Å². The van der Waals surface area contributed by atoms with Crippen LogP contribution in [0.3, 0.4) is 0 Å². The third-order valence-corrected chi connectivity index (χ3v) is 14.0. The number of esters is 4. The maximum Gasteiger partial charge on any atom is 0.509 e. The maximum atomic E-state index is 14.0. The second-order valence-electron chi connectivity index (χ2n) is 20.5. The first-order chi connectivity index (χ1) is 41.3. The van der Waals surface area contributed by atoms with E-state index in [4.69, 9.17) is 47.4 Å². The number of nitrogens with one attached hydrogen (secondary N) is 4. The van der Waals surface area contributed by atoms with Crippen LogP contribution < -0.4 is 21.3 Å². The van der Waals surface area contributed by atoms with Crippen LogP contribution in [0.4, 0.5) is 24.0 Å². The van der Waals surface area contributed by atoms with Crippen LogP contribution in [0.5, 0.6) is 0 Å². The van der Waals surface area contributed by atoms with Crippen LogP contribution in [-0.4, -0.2) is 117 Å². The quantitative estimate of drug-likeness (QED) is 0.0250. The van der Waals surface area contributed by atoms with Gasteiger partial charge in [-0.2, -0.15) is 0 Å². The molecular formula is C63H82N4O19. The van der Waals surface area contributed by atoms with E-state index in [2.05, 4.69) is 21.3 Å². The molecule has 0 aliphatic carbocycles. The fourth-order valence-corrected chi connectivity index (χ4v) is 7.84. The largest absolute Gasteiger partial charge is 0.509 e. The summed E-state index contributed by atoms with van der Waals surface area (Å²) in [6, 6.07) is 30.2. The molecule has 8 atom stereocenters. The Bertz CT molecular complexity index is 2370. The standard InChI is InChI=1S/C63H82N4O19/c1-9-41(5)51(64-59(72)81-33-45-25-17-13-18-26-45)55(68)77-37-49(38-78-56(69)52(42(6)10-2)65-60(73)82-34-46-27-19-14-20-28-46)85-63(76)86-50(39-79-57(70)53(43(7)11-3)66-61(74)83-35-47-29-21-15-22-30-47)40-80-58(71)54(44(8)12-4)67-62(75)84-36-48-31-23-16-24-32-48/h13-32,41-44,49-54H,9-12,33-40H2,1-8H3,(H,64,72)(H,65,73)(H,66,74)(H,67,75)/t41-,42-,43-,44-,51-,52-,53-,54-/m0/s1. The fourth-order valence-electron chi connectivity index (χ4n) is 7.84. The van der Waals surface area contributed by atoms with E-state index in [-0.39, 0.29) is 26.4 Å². The predicted molar refractivity (Wildman–Crippen MR) is 311 cm³/mol. The first-order valence-corrected chi connectivity index (χ1v) is 28.8. The van der Waals surface area contributed by atoms with Gasteiger partial charge in [-0.1, -0.05) is 202 Å². The van der Waals surface area contributed by atoms with Gasteiger partial charge in [0.05, 0.1) is 0 Å². The molecule has 0 fully saturated rings. The highest BCUT2D eigenvalue weighted by molar-refractivity contribution is 5.84. The van der Waals surface area contributed by atoms with E-state index in [0.717, 1.165) is 0 Å². The van der Waals surface area contributed by atoms with Crippen molar-refractivity contribution in [3.63, 3.8) is 0 Å². The Morgan fingerprint density at radius 2 is 0.512 bits per heavy atom. The van der Waals surface area contributed by atoms with Crippen LogP contribution in [0, 0.1) is 23.7 Å². The van der Waals surface area contributed by atoms with Crippen molar-refractivity contribution in [1.29, 1.82) is 0 Å². The van der Waals surface area contributed by atoms with Crippen LogP contribution in [0.15, 0.2) is 121 Å². The second-order valence-corrected chi connectivity index (χ2v) is 20.5. The molecule has 0 unspecified atom stereocenters. The molecule has 468 valence electrons. The summed E-state index contributed by atoms with van der Waals surface area (Å²) in [5.41, 5.74) is 2.75. The molecule has 4 aromatic rings. The number of hydrogen-bond acceptors (Lipinski definition) is 19. The van der Waals surface area contributed by atoms with Gasteiger partial charge >= 0.3 is 54.4 Å². The van der Waals surface area contributed by atoms with Gasteiger partial charge in [-0.05, 0) is 45.9 Å². The molecule has 4 aromatic carbocycles. The molecule has 0 spiro atoms. The van der Waals surface area contributed by atoms with Gasteiger partial charge in [-0.3, -0.25) is 0 Å². The normalized spacial score (nSPS) is 13.7. The third-order valence-electron chi connectivity index (χ3n) is 14.0. The molecule has 4 amide bonds. The van der Waals surface area contributed by atoms with Crippen LogP contribution in [0.2, 0.25) is 0 Å². The van der Waals surface area contributed by atoms with Crippen LogP contribution >= 0.6 is 0 Å². The third kappa shape index (κ3) is 25.5. The smallest absolute Gasteiger partial charge is 0.460 e. The predicted octanol–water partition coefficient (Wildman–Crippen LogP) is 9.41. The van der Waals surface area contributed by atoms with Gasteiger partial charge in [0, 0.05) is 0 Å². The first kappa shape index (κ1) is 69.6. The molecule has 0 bridgehead atoms. The van der Waals surface area contributed by atoms with Crippen molar-refractivity contribution in [1.82, 2.24) is 21.3 Å². The zero-order valence-corrected chi connectivity index (χ0v) is 50.1. The van der Waals surface area contributed by atoms with Gasteiger partial charge in [0.15, 0.2) is 12.2 Å². The Morgan fingerprint density at radius 1 is 0.314 bits per heavy atom. The number of ether oxygens (including phenoxy) is 10. The van der Waals surface area contributed by atoms with Crippen molar-refractivity contribution < 1.29 is 90.5 Å². The zero-order valence-electron chi connectivity index (χ0n) is 50.1. The van der Waals surface area contributed by atoms with Crippen molar-refractivity contribution in [2.45, 2.75) is 144 Å². The lowest BCUT2D eigenvalue weighted by Gasteiger charge is -2.27. The Hall–Kier alpha value is -8.89. The van der Waals surface area contributed by atoms with E-state index in [1.54, 1.807) is 177 Å². The van der Waals surface area contributed by atoms with Crippen molar-refractivity contribution in [2.24, 2.45) is 23.7 Å². The number of carbonyl (C=O) groups is 9. The van der Waals surface area contributed by atoms with E-state index in [1.807, 2.05) is 0 Å². The Labute approximate surface area is 502 Å². The molecule has 0 saturated heterocycles. The van der Waals surface area contributed by atoms with Crippen molar-refractivity contribution in [3.05, 3.63) is 144 Å². The van der Waals surface area contributed by atoms with E-state index >= 15 is 0 Å². The summed E-state index contributed by atoms with van der Waals surface area (Å²) in [6.07, 6.45) is -7.06. The van der Waals surface area contributed by atoms with Crippen molar-refractivity contribution in [2.75, 3.05) is 26.4 Å². The van der Waals surface area contributed by atoms with E-state index < -0.39 is 141 Å². The lowest BCUT2D eigenvalue weighted by Crippen LogP contribution is -2.48. The number of carbonyl (C=O) groups excluding carboxylic acids is 9. The molecule has 86 heavy (non-hydrogen) atoms. The topological polar surface area (TPSA) is 294 Å². The lowest BCUT2D eigenvalue weighted by atomic mass is 9.99. The molecule has 23 heteroatoms. The first-order valence-electron chi connectivity index (χ1n) is 28.8. The van der Waals surface area contributed by atoms with Gasteiger partial charge in [-0.25, -0.2) is 43.2 Å². The summed E-state index contributed by atoms with van der Waals surface area (Å²) in [4.78, 5) is 122. The SMILES string of the molecule is CC[C@H](C)[C@H](NC(=O)OCc1ccccc1)C(=O)OCC(COC(=O)[C@@H](NC(=O)OCc1ccccc1)[C@@H](C)CC)OC(=O)OC(COC(=O)[C@@H](NC(=O)OCc1ccccc1)[C@@H](C)CC)COC(=O)[C@@H](NC(=O)OCc1ccccc1)[C@@H](C)CC. The van der Waals surface area contributed by atoms with Crippen molar-refractivity contribution >= 4 is 54.4 Å². The highest BCUT2D eigenvalue weighted by Crippen LogP contribution is 2.17. The number of alkyl carbamates (subject to hydrolysis) is 4. The van der Waals surface area contributed by atoms with Gasteiger partial charge < -0.3 is 68.6 Å². The average molecular weight is 1200 g/mol. The molecule has 23 nitrogen and oxygen atoms in total. The highest BCUT2D eigenvalue weighted by Gasteiger charge is 2.35. The number of amides is 4. The maximum absolute atomic E-state index is 14.0. The highest BCUT2D eigenvalue weighted by atomic mass is 16.8. The van der Waals surface area contributed by atoms with Gasteiger partial charge in [0.2, 0.25) is 0 Å². The average Bonchev–Trinajstić information content (AvgIpc) is 3.69. The Balaban J connectivity index is 1.59. The lowest BCUT2D eigenvalue weighted by molar-refractivity contribution is -0.160. The van der Waals surface area contributed by atoms with Crippen LogP contribution in [0.25, 0.3) is 0 Å². The fraction of sp³-hybridized carbons (Fsp3) is 0.476. The monoisotopic (exact) mass is 1200 g/mol. The molecule has 0 heterocycles. The minimum absolute atomic E-state index is 0.104. The molecule has 0 aliphatic heterocycles. The number of hydrogen-bond donors (Lipinski definition) is 4. The van der Waals surface area contributed by atoms with Gasteiger partial charge in [0.1, 0.15) is 77.0 Å². The molecule has 0 aliphatic rings. The van der Waals surface area contributed by atoms with Gasteiger partial charge in [-0.15, -0.1) is 0 Å². The molecule has 0 aromatic heterocycles. The molecule has 4 rings (SSSR count).